The van der Waals surface area contributed by atoms with Gasteiger partial charge in [0.05, 0.1) is 51.6 Å². The fourth-order valence-electron chi connectivity index (χ4n) is 13.8. The van der Waals surface area contributed by atoms with E-state index in [1.165, 1.54) is 26.5 Å². The molecular formula is C75H112N20O17S. The third-order valence-electron chi connectivity index (χ3n) is 19.9. The van der Waals surface area contributed by atoms with Crippen molar-refractivity contribution < 1.29 is 82.4 Å². The van der Waals surface area contributed by atoms with Gasteiger partial charge in [0.1, 0.15) is 36.3 Å². The van der Waals surface area contributed by atoms with E-state index in [9.17, 15) is 82.4 Å². The number of nitrogens with one attached hydrogen (secondary N) is 10. The molecule has 0 radical (unpaired) electrons. The van der Waals surface area contributed by atoms with Crippen LogP contribution in [0.2, 0.25) is 0 Å². The summed E-state index contributed by atoms with van der Waals surface area (Å²) in [7, 11) is 1.36. The highest BCUT2D eigenvalue weighted by atomic mass is 32.2. The van der Waals surface area contributed by atoms with Crippen LogP contribution in [0.15, 0.2) is 73.3 Å². The van der Waals surface area contributed by atoms with Crippen molar-refractivity contribution in [3.63, 3.8) is 0 Å². The Hall–Kier alpha value is -10.1. The van der Waals surface area contributed by atoms with Gasteiger partial charge in [-0.1, -0.05) is 76.2 Å². The lowest BCUT2D eigenvalue weighted by atomic mass is 10.0. The molecule has 2 aromatic carbocycles. The second-order valence-electron chi connectivity index (χ2n) is 30.0. The zero-order chi connectivity index (χ0) is 82.4. The molecule has 17 N–H and O–H groups in total. The van der Waals surface area contributed by atoms with Crippen molar-refractivity contribution in [2.24, 2.45) is 23.3 Å². The molecule has 3 saturated heterocycles. The van der Waals surface area contributed by atoms with E-state index in [1.807, 2.05) is 34.6 Å². The predicted molar refractivity (Wildman–Crippen MR) is 417 cm³/mol. The third-order valence-corrected chi connectivity index (χ3v) is 21.0. The average Bonchev–Trinajstić information content (AvgIpc) is 1.71. The van der Waals surface area contributed by atoms with Gasteiger partial charge >= 0.3 is 17.9 Å². The molecule has 0 bridgehead atoms. The fraction of sp³-hybridized carbons (Fsp3) is 0.587. The van der Waals surface area contributed by atoms with Gasteiger partial charge in [-0.15, -0.1) is 11.8 Å². The summed E-state index contributed by atoms with van der Waals surface area (Å²) in [4.78, 5) is 210. The summed E-state index contributed by atoms with van der Waals surface area (Å²) < 4.78 is 0. The number of amides is 11. The number of imidazole rings is 1. The van der Waals surface area contributed by atoms with Gasteiger partial charge in [-0.3, -0.25) is 96.5 Å². The number of carboxylic acids is 3. The van der Waals surface area contributed by atoms with Crippen molar-refractivity contribution in [1.82, 2.24) is 91.8 Å². The van der Waals surface area contributed by atoms with Crippen LogP contribution in [0.3, 0.4) is 0 Å². The number of hydrogen-bond donors (Lipinski definition) is 15. The molecule has 37 nitrogen and oxygen atoms in total. The molecule has 2 aromatic heterocycles. The Morgan fingerprint density at radius 2 is 1.10 bits per heavy atom. The van der Waals surface area contributed by atoms with Crippen molar-refractivity contribution in [2.75, 3.05) is 130 Å². The molecule has 0 unspecified atom stereocenters. The number of primary amides is 2. The van der Waals surface area contributed by atoms with E-state index in [-0.39, 0.29) is 129 Å². The summed E-state index contributed by atoms with van der Waals surface area (Å²) in [5, 5.41) is 52.1. The minimum Gasteiger partial charge on any atom is -0.480 e. The number of para-hydroxylation sites is 1. The van der Waals surface area contributed by atoms with Crippen LogP contribution in [0.1, 0.15) is 83.5 Å². The molecule has 620 valence electrons. The Labute approximate surface area is 660 Å². The first kappa shape index (κ1) is 90.1. The van der Waals surface area contributed by atoms with E-state index < -0.39 is 144 Å². The first-order valence-corrected chi connectivity index (χ1v) is 39.3. The zero-order valence-electron chi connectivity index (χ0n) is 65.1. The highest BCUT2D eigenvalue weighted by molar-refractivity contribution is 7.99. The van der Waals surface area contributed by atoms with Crippen LogP contribution in [0.25, 0.3) is 10.9 Å². The molecular weight excluding hydrogens is 1490 g/mol. The first-order valence-electron chi connectivity index (χ1n) is 38.1. The normalized spacial score (nSPS) is 18.0. The molecule has 113 heavy (non-hydrogen) atoms. The van der Waals surface area contributed by atoms with Crippen LogP contribution in [-0.2, 0) is 86.4 Å². The monoisotopic (exact) mass is 1600 g/mol. The number of nitrogens with two attached hydrogens (primary N) is 2. The number of aliphatic carboxylic acids is 3. The van der Waals surface area contributed by atoms with Gasteiger partial charge in [-0.25, -0.2) is 4.98 Å². The minimum atomic E-state index is -1.54. The fourth-order valence-corrected chi connectivity index (χ4v) is 15.1. The number of likely N-dealkylation sites (N-methyl/N-ethyl adjacent to an activating group) is 1. The quantitative estimate of drug-likeness (QED) is 0.0207. The second-order valence-corrected chi connectivity index (χ2v) is 31.0. The maximum absolute atomic E-state index is 14.8. The standard InChI is InChI=1S/C75H112N20O17S/c1-46(2)30-53(36-95-45-113-43-60(95)69(77)106)83-73(110)59(33-52-35-78-44-80-52)85-62(97)37-89(6)75(112)68(47(3)4)88-70(107)48(5)81-72(109)58(32-50-34-79-55-15-11-10-14-54(50)55)87-71(108)56(16-17-61(76)96)86-74(111)57(31-49-12-8-7-9-13-49)84-64(99)39-90-20-18-51(19-21-90)82-63(98)38-91-22-24-92(40-65(100)101)26-28-94(42-67(104)105)29-27-93(25-23-91)41-66(102)103/h7-15,34-35,44,46-48,51,53,56-60,68,79H,16-33,36-43,45H2,1-6H3,(H2,76,96)(H2,77,106)(H,78,80)(H,81,109)(H,82,98)(H,83,110)(H,84,99)(H,85,97)(H,86,111)(H,87,108)(H,88,107)(H,100,101)(H,102,103)(H,104,105)/t48-,53-,56-,57+,58-,59-,60-,68-/m0/s1. The number of carboxylic acid groups (broad SMARTS) is 3. The number of benzene rings is 2. The number of likely N-dealkylation sites (tertiary alicyclic amines) is 1. The summed E-state index contributed by atoms with van der Waals surface area (Å²) in [6, 6.07) is 6.63. The van der Waals surface area contributed by atoms with Crippen molar-refractivity contribution in [1.29, 1.82) is 0 Å². The van der Waals surface area contributed by atoms with E-state index in [1.54, 1.807) is 95.0 Å². The Kier molecular flexibility index (Phi) is 35.8. The molecule has 3 aliphatic heterocycles. The number of rotatable bonds is 41. The molecule has 0 saturated carbocycles. The summed E-state index contributed by atoms with van der Waals surface area (Å²) in [5.74, 6) is -10.1. The summed E-state index contributed by atoms with van der Waals surface area (Å²) in [6.07, 6.45) is 5.05. The lowest BCUT2D eigenvalue weighted by Crippen LogP contribution is -2.60. The molecule has 3 fully saturated rings. The Morgan fingerprint density at radius 3 is 1.66 bits per heavy atom. The molecule has 11 amide bonds. The highest BCUT2D eigenvalue weighted by Crippen LogP contribution is 2.24. The number of nitrogens with zero attached hydrogens (tertiary/aromatic N) is 8. The Bertz CT molecular complexity index is 3850. The number of fused-ring (bicyclic) bond motifs is 1. The lowest BCUT2D eigenvalue weighted by Gasteiger charge is -2.34. The van der Waals surface area contributed by atoms with Gasteiger partial charge in [0.2, 0.25) is 65.0 Å². The van der Waals surface area contributed by atoms with E-state index in [0.717, 1.165) is 4.90 Å². The van der Waals surface area contributed by atoms with Crippen LogP contribution < -0.4 is 54.0 Å². The van der Waals surface area contributed by atoms with Crippen molar-refractivity contribution in [3.8, 4) is 0 Å². The number of piperidine rings is 1. The summed E-state index contributed by atoms with van der Waals surface area (Å²) in [6.45, 7) is 9.84. The summed E-state index contributed by atoms with van der Waals surface area (Å²) >= 11 is 1.56. The molecule has 7 rings (SSSR count). The molecule has 8 atom stereocenters. The molecule has 5 heterocycles. The van der Waals surface area contributed by atoms with Crippen LogP contribution >= 0.6 is 11.8 Å². The number of thioether (sulfide) groups is 1. The molecule has 3 aliphatic rings. The van der Waals surface area contributed by atoms with Crippen LogP contribution in [-0.4, -0.2) is 332 Å². The number of H-pyrrole nitrogens is 2. The van der Waals surface area contributed by atoms with E-state index in [2.05, 4.69) is 57.5 Å². The third kappa shape index (κ3) is 30.7. The molecule has 0 aliphatic carbocycles. The maximum atomic E-state index is 14.8. The largest absolute Gasteiger partial charge is 0.480 e. The lowest BCUT2D eigenvalue weighted by molar-refractivity contribution is -0.140. The average molecular weight is 1600 g/mol. The van der Waals surface area contributed by atoms with E-state index >= 15 is 0 Å². The summed E-state index contributed by atoms with van der Waals surface area (Å²) in [5.41, 5.74) is 13.8. The Morgan fingerprint density at radius 1 is 0.575 bits per heavy atom. The van der Waals surface area contributed by atoms with Crippen molar-refractivity contribution in [2.45, 2.75) is 140 Å². The number of aromatic nitrogens is 3. The van der Waals surface area contributed by atoms with Gasteiger partial charge < -0.3 is 84.2 Å². The number of carbonyl (C=O) groups is 14. The van der Waals surface area contributed by atoms with Crippen molar-refractivity contribution >= 4 is 106 Å². The number of carbonyl (C=O) groups excluding carboxylic acids is 11. The van der Waals surface area contributed by atoms with E-state index in [0.29, 0.717) is 78.3 Å². The van der Waals surface area contributed by atoms with E-state index in [4.69, 9.17) is 11.5 Å². The number of aromatic amines is 2. The second kappa shape index (κ2) is 44.9. The molecule has 4 aromatic rings. The molecule has 38 heteroatoms. The number of hydrogen-bond acceptors (Lipinski definition) is 22. The van der Waals surface area contributed by atoms with Crippen LogP contribution in [0.5, 0.6) is 0 Å². The van der Waals surface area contributed by atoms with Crippen LogP contribution in [0.4, 0.5) is 0 Å². The van der Waals surface area contributed by atoms with Gasteiger partial charge in [-0.05, 0) is 61.6 Å². The highest BCUT2D eigenvalue weighted by Gasteiger charge is 2.38. The predicted octanol–water partition coefficient (Wildman–Crippen LogP) is -3.33. The van der Waals surface area contributed by atoms with Gasteiger partial charge in [0.25, 0.3) is 0 Å². The van der Waals surface area contributed by atoms with Gasteiger partial charge in [0, 0.05) is 157 Å². The van der Waals surface area contributed by atoms with Crippen LogP contribution in [0, 0.1) is 11.8 Å². The van der Waals surface area contributed by atoms with Gasteiger partial charge in [0.15, 0.2) is 0 Å². The van der Waals surface area contributed by atoms with Crippen molar-refractivity contribution in [3.05, 3.63) is 90.1 Å². The minimum absolute atomic E-state index is 0.00714. The topological polar surface area (TPSA) is 515 Å². The zero-order valence-corrected chi connectivity index (χ0v) is 65.9. The Balaban J connectivity index is 0.980. The molecule has 0 spiro atoms. The SMILES string of the molecule is CC(C)C[C@@H](CN1CSC[C@H]1C(N)=O)NC(=O)[C@H](Cc1cnc[nH]1)NC(=O)CN(C)C(=O)[C@@H](NC(=O)[C@H](C)NC(=O)[C@H](Cc1c[nH]c2ccccc12)NC(=O)[C@H](CCC(N)=O)NC(=O)[C@@H](Cc1ccccc1)NC(=O)CN1CCC(NC(=O)CN2CCN(CC(=O)O)CCN(CC(=O)O)CCN(CC(=O)O)CC2)CC1)C(C)C. The maximum Gasteiger partial charge on any atom is 0.317 e. The first-order chi connectivity index (χ1) is 53.7. The smallest absolute Gasteiger partial charge is 0.317 e. The van der Waals surface area contributed by atoms with Gasteiger partial charge in [-0.2, -0.15) is 0 Å².